The van der Waals surface area contributed by atoms with Gasteiger partial charge in [0.1, 0.15) is 0 Å². The average Bonchev–Trinajstić information content (AvgIpc) is 3.31. The molecule has 0 radical (unpaired) electrons. The third-order valence-electron chi connectivity index (χ3n) is 6.65. The molecule has 0 N–H and O–H groups in total. The van der Waals surface area contributed by atoms with Crippen LogP contribution < -0.4 is 22.5 Å². The van der Waals surface area contributed by atoms with Crippen LogP contribution in [0.15, 0.2) is 115 Å². The third kappa shape index (κ3) is 4.96. The Kier molecular flexibility index (Phi) is 6.97. The molecule has 3 heteroatoms. The van der Waals surface area contributed by atoms with E-state index < -0.39 is 14.7 Å². The first-order valence-electron chi connectivity index (χ1n) is 12.7. The quantitative estimate of drug-likeness (QED) is 0.223. The number of hydrogen-bond donors (Lipinski definition) is 0. The fourth-order valence-electron chi connectivity index (χ4n) is 4.78. The van der Waals surface area contributed by atoms with E-state index in [9.17, 15) is 0 Å². The Balaban J connectivity index is 1.53. The van der Waals surface area contributed by atoms with Crippen molar-refractivity contribution in [1.82, 2.24) is 0 Å². The van der Waals surface area contributed by atoms with Gasteiger partial charge in [-0.15, -0.1) is 0 Å². The number of rotatable bonds is 3. The van der Waals surface area contributed by atoms with Crippen molar-refractivity contribution >= 4 is 27.7 Å². The van der Waals surface area contributed by atoms with Gasteiger partial charge < -0.3 is 0 Å². The molecule has 0 amide bonds. The second-order valence-electron chi connectivity index (χ2n) is 9.04. The molecule has 5 aromatic carbocycles. The molecule has 0 unspecified atom stereocenters. The Morgan fingerprint density at radius 2 is 0.897 bits per heavy atom. The zero-order valence-electron chi connectivity index (χ0n) is 21.7. The molecular weight excluding hydrogens is 539 g/mol. The summed E-state index contributed by atoms with van der Waals surface area (Å²) in [6.45, 7) is 0. The van der Waals surface area contributed by atoms with Gasteiger partial charge in [0.25, 0.3) is 0 Å². The summed E-state index contributed by atoms with van der Waals surface area (Å²) in [5, 5.41) is 0. The van der Waals surface area contributed by atoms with Crippen molar-refractivity contribution in [2.75, 3.05) is 14.2 Å². The number of methoxy groups -OCH3 is 2. The topological polar surface area (TPSA) is 18.5 Å². The summed E-state index contributed by atoms with van der Waals surface area (Å²) in [5.74, 6) is 14.9. The molecule has 2 nitrogen and oxygen atoms in total. The Hall–Kier alpha value is -4.62. The van der Waals surface area contributed by atoms with E-state index in [1.54, 1.807) is 14.2 Å². The summed E-state index contributed by atoms with van der Waals surface area (Å²) in [6.07, 6.45) is 0. The van der Waals surface area contributed by atoms with E-state index in [0.29, 0.717) is 0 Å². The summed E-state index contributed by atoms with van der Waals surface area (Å²) in [5.41, 5.74) is 6.14. The SMILES string of the molecule is COc1cc2c(cc1C#Cc1ccccc1)[As](c1ccccc1)c1cc(C#Cc3ccccc3)c(OC)cc1-2. The fourth-order valence-corrected chi connectivity index (χ4v) is 10.3. The van der Waals surface area contributed by atoms with E-state index in [1.165, 1.54) is 24.2 Å². The average molecular weight is 565 g/mol. The van der Waals surface area contributed by atoms with E-state index in [4.69, 9.17) is 9.47 Å². The van der Waals surface area contributed by atoms with Crippen LogP contribution in [-0.4, -0.2) is 28.9 Å². The van der Waals surface area contributed by atoms with Crippen LogP contribution in [0.2, 0.25) is 0 Å². The van der Waals surface area contributed by atoms with E-state index in [2.05, 4.69) is 78.3 Å². The zero-order chi connectivity index (χ0) is 26.6. The molecule has 186 valence electrons. The Bertz CT molecular complexity index is 1660. The summed E-state index contributed by atoms with van der Waals surface area (Å²) in [7, 11) is 3.42. The van der Waals surface area contributed by atoms with E-state index in [1.807, 2.05) is 60.7 Å². The van der Waals surface area contributed by atoms with Gasteiger partial charge in [-0.05, 0) is 0 Å². The molecule has 1 aliphatic heterocycles. The normalized spacial score (nSPS) is 11.3. The van der Waals surface area contributed by atoms with Crippen LogP contribution in [0.25, 0.3) is 11.1 Å². The zero-order valence-corrected chi connectivity index (χ0v) is 23.6. The van der Waals surface area contributed by atoms with E-state index in [-0.39, 0.29) is 0 Å². The summed E-state index contributed by atoms with van der Waals surface area (Å²) in [4.78, 5) is 0. The van der Waals surface area contributed by atoms with Gasteiger partial charge in [0.15, 0.2) is 0 Å². The van der Waals surface area contributed by atoms with Gasteiger partial charge >= 0.3 is 235 Å². The Morgan fingerprint density at radius 3 is 1.31 bits per heavy atom. The Labute approximate surface area is 234 Å². The van der Waals surface area contributed by atoms with Gasteiger partial charge in [-0.3, -0.25) is 0 Å². The van der Waals surface area contributed by atoms with Crippen LogP contribution in [0, 0.1) is 23.7 Å². The van der Waals surface area contributed by atoms with Crippen molar-refractivity contribution in [3.63, 3.8) is 0 Å². The van der Waals surface area contributed by atoms with Crippen molar-refractivity contribution in [2.45, 2.75) is 0 Å². The van der Waals surface area contributed by atoms with Gasteiger partial charge in [-0.25, -0.2) is 0 Å². The predicted octanol–water partition coefficient (Wildman–Crippen LogP) is 5.00. The van der Waals surface area contributed by atoms with Crippen LogP contribution in [0.1, 0.15) is 22.3 Å². The molecule has 0 spiro atoms. The standard InChI is InChI=1S/C36H25AsO2/c1-38-35-24-31-32-25-36(39-2)29(21-19-27-14-8-4-9-15-27)23-34(32)37(30-16-10-5-11-17-30)33(31)22-28(35)20-18-26-12-6-3-7-13-26/h3-17,22-25H,1-2H3. The molecule has 1 heterocycles. The van der Waals surface area contributed by atoms with E-state index in [0.717, 1.165) is 33.8 Å². The van der Waals surface area contributed by atoms with Crippen molar-refractivity contribution in [3.8, 4) is 46.3 Å². The van der Waals surface area contributed by atoms with Gasteiger partial charge in [-0.1, -0.05) is 0 Å². The summed E-state index contributed by atoms with van der Waals surface area (Å²) < 4.78 is 15.7. The first-order valence-corrected chi connectivity index (χ1v) is 15.5. The molecule has 39 heavy (non-hydrogen) atoms. The molecule has 0 saturated carbocycles. The molecule has 0 atom stereocenters. The first-order chi connectivity index (χ1) is 19.2. The molecule has 0 bridgehead atoms. The maximum atomic E-state index is 5.84. The van der Waals surface area contributed by atoms with Crippen LogP contribution in [0.3, 0.4) is 0 Å². The minimum absolute atomic E-state index is 0.777. The van der Waals surface area contributed by atoms with Crippen molar-refractivity contribution in [1.29, 1.82) is 0 Å². The van der Waals surface area contributed by atoms with E-state index >= 15 is 0 Å². The van der Waals surface area contributed by atoms with Gasteiger partial charge in [0, 0.05) is 0 Å². The van der Waals surface area contributed by atoms with Crippen LogP contribution in [0.5, 0.6) is 11.5 Å². The second-order valence-corrected chi connectivity index (χ2v) is 13.6. The molecule has 5 aromatic rings. The van der Waals surface area contributed by atoms with Crippen molar-refractivity contribution < 1.29 is 9.47 Å². The second kappa shape index (κ2) is 11.0. The van der Waals surface area contributed by atoms with Crippen LogP contribution in [-0.2, 0) is 0 Å². The number of fused-ring (bicyclic) bond motifs is 3. The fraction of sp³-hybridized carbons (Fsp3) is 0.0556. The molecule has 1 aliphatic rings. The molecule has 6 rings (SSSR count). The van der Waals surface area contributed by atoms with Crippen LogP contribution in [0.4, 0.5) is 0 Å². The number of ether oxygens (including phenoxy) is 2. The molecule has 0 aliphatic carbocycles. The van der Waals surface area contributed by atoms with Crippen molar-refractivity contribution in [2.24, 2.45) is 0 Å². The molecular formula is C36H25AsO2. The molecule has 0 aromatic heterocycles. The van der Waals surface area contributed by atoms with Crippen LogP contribution >= 0.6 is 0 Å². The molecule has 0 saturated heterocycles. The van der Waals surface area contributed by atoms with Gasteiger partial charge in [0.05, 0.1) is 0 Å². The van der Waals surface area contributed by atoms with Gasteiger partial charge in [-0.2, -0.15) is 0 Å². The first kappa shape index (κ1) is 24.7. The number of hydrogen-bond acceptors (Lipinski definition) is 2. The third-order valence-corrected chi connectivity index (χ3v) is 11.9. The predicted molar refractivity (Wildman–Crippen MR) is 161 cm³/mol. The van der Waals surface area contributed by atoms with Crippen molar-refractivity contribution in [3.05, 3.63) is 138 Å². The monoisotopic (exact) mass is 564 g/mol. The summed E-state index contributed by atoms with van der Waals surface area (Å²) in [6, 6.07) is 39.7. The maximum absolute atomic E-state index is 5.84. The van der Waals surface area contributed by atoms with Gasteiger partial charge in [0.2, 0.25) is 0 Å². The number of benzene rings is 5. The Morgan fingerprint density at radius 1 is 0.487 bits per heavy atom. The summed E-state index contributed by atoms with van der Waals surface area (Å²) >= 11 is -1.89. The minimum atomic E-state index is -1.89. The molecule has 0 fully saturated rings.